The van der Waals surface area contributed by atoms with Gasteiger partial charge in [-0.05, 0) is 41.0 Å². The van der Waals surface area contributed by atoms with Crippen LogP contribution in [0.5, 0.6) is 0 Å². The lowest BCUT2D eigenvalue weighted by atomic mass is 10.1. The van der Waals surface area contributed by atoms with Crippen molar-refractivity contribution >= 4 is 21.6 Å². The fourth-order valence-electron chi connectivity index (χ4n) is 1.01. The first kappa shape index (κ1) is 9.48. The quantitative estimate of drug-likeness (QED) is 0.763. The summed E-state index contributed by atoms with van der Waals surface area (Å²) in [7, 11) is 0. The van der Waals surface area contributed by atoms with Gasteiger partial charge in [0.05, 0.1) is 4.47 Å². The van der Waals surface area contributed by atoms with Gasteiger partial charge in [-0.25, -0.2) is 4.39 Å². The molecule has 0 aliphatic rings. The predicted molar refractivity (Wildman–Crippen MR) is 51.3 cm³/mol. The Morgan fingerprint density at radius 2 is 2.08 bits per heavy atom. The number of hydrogen-bond acceptors (Lipinski definition) is 2. The summed E-state index contributed by atoms with van der Waals surface area (Å²) in [6, 6.07) is 3.25. The van der Waals surface area contributed by atoms with Crippen LogP contribution in [0.15, 0.2) is 16.6 Å². The molecule has 66 valence electrons. The molecule has 2 nitrogen and oxygen atoms in total. The predicted octanol–water partition coefficient (Wildman–Crippen LogP) is 1.67. The summed E-state index contributed by atoms with van der Waals surface area (Å²) in [4.78, 5) is 0. The van der Waals surface area contributed by atoms with Crippen molar-refractivity contribution < 1.29 is 4.39 Å². The van der Waals surface area contributed by atoms with Gasteiger partial charge in [0.15, 0.2) is 0 Å². The van der Waals surface area contributed by atoms with E-state index in [-0.39, 0.29) is 5.82 Å². The maximum absolute atomic E-state index is 13.3. The summed E-state index contributed by atoms with van der Waals surface area (Å²) < 4.78 is 13.7. The second-order valence-corrected chi connectivity index (χ2v) is 3.32. The Morgan fingerprint density at radius 1 is 1.42 bits per heavy atom. The standard InChI is InChI=1S/C8H10BrFN2/c9-6-1-2-7(12)5(3-4-11)8(6)10/h1-2H,3-4,11-12H2. The number of rotatable bonds is 2. The highest BCUT2D eigenvalue weighted by Gasteiger charge is 2.08. The molecule has 4 N–H and O–H groups in total. The van der Waals surface area contributed by atoms with Crippen LogP contribution in [0.1, 0.15) is 5.56 Å². The zero-order valence-electron chi connectivity index (χ0n) is 6.48. The molecule has 0 unspecified atom stereocenters. The molecule has 4 heteroatoms. The Morgan fingerprint density at radius 3 is 2.67 bits per heavy atom. The van der Waals surface area contributed by atoms with Crippen LogP contribution < -0.4 is 11.5 Å². The zero-order chi connectivity index (χ0) is 9.14. The van der Waals surface area contributed by atoms with Gasteiger partial charge in [0.2, 0.25) is 0 Å². The van der Waals surface area contributed by atoms with Crippen molar-refractivity contribution in [2.45, 2.75) is 6.42 Å². The van der Waals surface area contributed by atoms with E-state index in [1.165, 1.54) is 0 Å². The lowest BCUT2D eigenvalue weighted by Crippen LogP contribution is -2.07. The van der Waals surface area contributed by atoms with Gasteiger partial charge in [-0.1, -0.05) is 0 Å². The molecule has 0 aliphatic heterocycles. The van der Waals surface area contributed by atoms with E-state index in [2.05, 4.69) is 15.9 Å². The molecule has 0 bridgehead atoms. The lowest BCUT2D eigenvalue weighted by Gasteiger charge is -2.06. The van der Waals surface area contributed by atoms with Gasteiger partial charge in [-0.15, -0.1) is 0 Å². The summed E-state index contributed by atoms with van der Waals surface area (Å²) in [6.07, 6.45) is 0.469. The molecule has 0 radical (unpaired) electrons. The number of benzene rings is 1. The Balaban J connectivity index is 3.14. The average molecular weight is 233 g/mol. The SMILES string of the molecule is NCCc1c(N)ccc(Br)c1F. The Hall–Kier alpha value is -0.610. The number of halogens is 2. The molecule has 0 aromatic heterocycles. The van der Waals surface area contributed by atoms with E-state index in [1.54, 1.807) is 12.1 Å². The van der Waals surface area contributed by atoms with Crippen LogP contribution in [0.25, 0.3) is 0 Å². The number of nitrogen functional groups attached to an aromatic ring is 1. The highest BCUT2D eigenvalue weighted by atomic mass is 79.9. The maximum atomic E-state index is 13.3. The largest absolute Gasteiger partial charge is 0.398 e. The zero-order valence-corrected chi connectivity index (χ0v) is 8.07. The molecule has 0 heterocycles. The normalized spacial score (nSPS) is 10.2. The summed E-state index contributed by atoms with van der Waals surface area (Å²) in [6.45, 7) is 0.400. The molecule has 1 aromatic rings. The Bertz CT molecular complexity index is 289. The van der Waals surface area contributed by atoms with Gasteiger partial charge in [0, 0.05) is 11.3 Å². The second-order valence-electron chi connectivity index (χ2n) is 2.47. The van der Waals surface area contributed by atoms with Crippen LogP contribution in [-0.2, 0) is 6.42 Å². The van der Waals surface area contributed by atoms with Crippen LogP contribution in [0.2, 0.25) is 0 Å². The minimum absolute atomic E-state index is 0.305. The molecular formula is C8H10BrFN2. The summed E-state index contributed by atoms with van der Waals surface area (Å²) >= 11 is 3.08. The maximum Gasteiger partial charge on any atom is 0.142 e. The first-order chi connectivity index (χ1) is 5.66. The molecule has 0 aliphatic carbocycles. The molecule has 12 heavy (non-hydrogen) atoms. The smallest absolute Gasteiger partial charge is 0.142 e. The fraction of sp³-hybridized carbons (Fsp3) is 0.250. The van der Waals surface area contributed by atoms with E-state index in [9.17, 15) is 4.39 Å². The molecule has 0 fully saturated rings. The first-order valence-electron chi connectivity index (χ1n) is 3.59. The fourth-order valence-corrected chi connectivity index (χ4v) is 1.38. The second kappa shape index (κ2) is 3.87. The van der Waals surface area contributed by atoms with Gasteiger partial charge < -0.3 is 11.5 Å². The van der Waals surface area contributed by atoms with Crippen LogP contribution in [-0.4, -0.2) is 6.54 Å². The van der Waals surface area contributed by atoms with Crippen molar-refractivity contribution in [3.63, 3.8) is 0 Å². The third-order valence-corrected chi connectivity index (χ3v) is 2.24. The minimum Gasteiger partial charge on any atom is -0.398 e. The van der Waals surface area contributed by atoms with E-state index in [4.69, 9.17) is 11.5 Å². The third-order valence-electron chi connectivity index (χ3n) is 1.63. The monoisotopic (exact) mass is 232 g/mol. The van der Waals surface area contributed by atoms with E-state index in [1.807, 2.05) is 0 Å². The number of anilines is 1. The van der Waals surface area contributed by atoms with Gasteiger partial charge >= 0.3 is 0 Å². The van der Waals surface area contributed by atoms with Crippen molar-refractivity contribution in [1.29, 1.82) is 0 Å². The molecule has 0 spiro atoms. The van der Waals surface area contributed by atoms with Crippen molar-refractivity contribution in [3.05, 3.63) is 28.0 Å². The van der Waals surface area contributed by atoms with E-state index < -0.39 is 0 Å². The molecule has 1 rings (SSSR count). The van der Waals surface area contributed by atoms with Gasteiger partial charge in [-0.2, -0.15) is 0 Å². The minimum atomic E-state index is -0.305. The highest BCUT2D eigenvalue weighted by Crippen LogP contribution is 2.23. The number of nitrogens with two attached hydrogens (primary N) is 2. The van der Waals surface area contributed by atoms with Gasteiger partial charge in [0.25, 0.3) is 0 Å². The first-order valence-corrected chi connectivity index (χ1v) is 4.38. The molecule has 0 saturated carbocycles. The van der Waals surface area contributed by atoms with Crippen LogP contribution in [0.4, 0.5) is 10.1 Å². The molecule has 0 saturated heterocycles. The van der Waals surface area contributed by atoms with Crippen molar-refractivity contribution in [3.8, 4) is 0 Å². The Labute approximate surface area is 78.9 Å². The van der Waals surface area contributed by atoms with Crippen LogP contribution >= 0.6 is 15.9 Å². The highest BCUT2D eigenvalue weighted by molar-refractivity contribution is 9.10. The van der Waals surface area contributed by atoms with Gasteiger partial charge in [-0.3, -0.25) is 0 Å². The summed E-state index contributed by atoms with van der Waals surface area (Å²) in [5.74, 6) is -0.305. The van der Waals surface area contributed by atoms with Gasteiger partial charge in [0.1, 0.15) is 5.82 Å². The van der Waals surface area contributed by atoms with Crippen molar-refractivity contribution in [2.24, 2.45) is 5.73 Å². The van der Waals surface area contributed by atoms with Crippen molar-refractivity contribution in [2.75, 3.05) is 12.3 Å². The number of hydrogen-bond donors (Lipinski definition) is 2. The molecule has 0 amide bonds. The van der Waals surface area contributed by atoms with Crippen LogP contribution in [0.3, 0.4) is 0 Å². The van der Waals surface area contributed by atoms with E-state index in [0.29, 0.717) is 28.7 Å². The van der Waals surface area contributed by atoms with Crippen molar-refractivity contribution in [1.82, 2.24) is 0 Å². The third kappa shape index (κ3) is 1.76. The molecule has 0 atom stereocenters. The van der Waals surface area contributed by atoms with E-state index >= 15 is 0 Å². The molecular weight excluding hydrogens is 223 g/mol. The Kier molecular flexibility index (Phi) is 3.05. The average Bonchev–Trinajstić information content (AvgIpc) is 2.06. The van der Waals surface area contributed by atoms with E-state index in [0.717, 1.165) is 0 Å². The summed E-state index contributed by atoms with van der Waals surface area (Å²) in [5, 5.41) is 0. The topological polar surface area (TPSA) is 52.0 Å². The van der Waals surface area contributed by atoms with Crippen LogP contribution in [0, 0.1) is 5.82 Å². The lowest BCUT2D eigenvalue weighted by molar-refractivity contribution is 0.604. The molecule has 1 aromatic carbocycles. The summed E-state index contributed by atoms with van der Waals surface area (Å²) in [5.41, 5.74) is 11.8.